The number of nitrogens with one attached hydrogen (secondary N) is 1. The second-order valence-electron chi connectivity index (χ2n) is 9.77. The molecule has 0 heterocycles. The molecular formula is C30H49NO5. The highest BCUT2D eigenvalue weighted by Crippen LogP contribution is 2.29. The van der Waals surface area contributed by atoms with E-state index in [0.29, 0.717) is 19.4 Å². The first-order valence-corrected chi connectivity index (χ1v) is 14.2. The van der Waals surface area contributed by atoms with Gasteiger partial charge >= 0.3 is 11.9 Å². The van der Waals surface area contributed by atoms with Crippen molar-refractivity contribution in [2.45, 2.75) is 130 Å². The molecule has 204 valence electrons. The molecule has 0 fully saturated rings. The maximum absolute atomic E-state index is 12.1. The van der Waals surface area contributed by atoms with E-state index in [2.05, 4.69) is 12.2 Å². The third kappa shape index (κ3) is 17.1. The van der Waals surface area contributed by atoms with E-state index in [4.69, 9.17) is 9.47 Å². The van der Waals surface area contributed by atoms with Crippen LogP contribution in [0.3, 0.4) is 0 Å². The summed E-state index contributed by atoms with van der Waals surface area (Å²) in [6.45, 7) is 5.36. The fraction of sp³-hybridized carbons (Fsp3) is 0.700. The molecule has 0 unspecified atom stereocenters. The van der Waals surface area contributed by atoms with Gasteiger partial charge in [0.2, 0.25) is 5.91 Å². The van der Waals surface area contributed by atoms with Crippen molar-refractivity contribution in [3.63, 3.8) is 0 Å². The fourth-order valence-corrected chi connectivity index (χ4v) is 4.27. The van der Waals surface area contributed by atoms with E-state index in [1.165, 1.54) is 97.3 Å². The Morgan fingerprint density at radius 2 is 1.14 bits per heavy atom. The molecule has 0 bridgehead atoms. The van der Waals surface area contributed by atoms with Crippen LogP contribution in [0.2, 0.25) is 0 Å². The maximum Gasteiger partial charge on any atom is 0.308 e. The Balaban J connectivity index is 2.05. The highest BCUT2D eigenvalue weighted by atomic mass is 16.6. The van der Waals surface area contributed by atoms with Crippen molar-refractivity contribution >= 4 is 17.8 Å². The van der Waals surface area contributed by atoms with Crippen LogP contribution >= 0.6 is 0 Å². The summed E-state index contributed by atoms with van der Waals surface area (Å²) >= 11 is 0. The zero-order valence-electron chi connectivity index (χ0n) is 23.0. The van der Waals surface area contributed by atoms with Gasteiger partial charge < -0.3 is 14.8 Å². The molecule has 1 aromatic rings. The largest absolute Gasteiger partial charge is 0.423 e. The van der Waals surface area contributed by atoms with Crippen molar-refractivity contribution < 1.29 is 23.9 Å². The number of carbonyl (C=O) groups is 3. The number of esters is 2. The summed E-state index contributed by atoms with van der Waals surface area (Å²) in [7, 11) is 0. The Kier molecular flexibility index (Phi) is 18.3. The monoisotopic (exact) mass is 503 g/mol. The number of hydrogen-bond acceptors (Lipinski definition) is 5. The van der Waals surface area contributed by atoms with E-state index in [9.17, 15) is 14.4 Å². The van der Waals surface area contributed by atoms with Gasteiger partial charge in [-0.3, -0.25) is 14.4 Å². The SMILES string of the molecule is CCCCCCCCCCCCCCCCCC(=O)NCCc1ccc(OC(C)=O)c(OC(C)=O)c1. The molecular weight excluding hydrogens is 454 g/mol. The molecule has 36 heavy (non-hydrogen) atoms. The second-order valence-corrected chi connectivity index (χ2v) is 9.77. The minimum atomic E-state index is -0.489. The van der Waals surface area contributed by atoms with E-state index in [1.54, 1.807) is 18.2 Å². The average molecular weight is 504 g/mol. The van der Waals surface area contributed by atoms with Crippen LogP contribution in [0.15, 0.2) is 18.2 Å². The van der Waals surface area contributed by atoms with Crippen molar-refractivity contribution in [2.75, 3.05) is 6.54 Å². The fourth-order valence-electron chi connectivity index (χ4n) is 4.27. The first-order chi connectivity index (χ1) is 17.4. The normalized spacial score (nSPS) is 10.8. The quantitative estimate of drug-likeness (QED) is 0.107. The average Bonchev–Trinajstić information content (AvgIpc) is 2.82. The predicted molar refractivity (Wildman–Crippen MR) is 145 cm³/mol. The zero-order valence-corrected chi connectivity index (χ0v) is 23.0. The van der Waals surface area contributed by atoms with Crippen LogP contribution in [0.1, 0.15) is 129 Å². The van der Waals surface area contributed by atoms with Crippen LogP contribution in [0.4, 0.5) is 0 Å². The highest BCUT2D eigenvalue weighted by Gasteiger charge is 2.11. The van der Waals surface area contributed by atoms with Crippen molar-refractivity contribution in [2.24, 2.45) is 0 Å². The first-order valence-electron chi connectivity index (χ1n) is 14.2. The molecule has 1 aromatic carbocycles. The number of benzene rings is 1. The molecule has 6 nitrogen and oxygen atoms in total. The van der Waals surface area contributed by atoms with Crippen molar-refractivity contribution in [1.29, 1.82) is 0 Å². The van der Waals surface area contributed by atoms with Gasteiger partial charge in [0.15, 0.2) is 11.5 Å². The molecule has 1 N–H and O–H groups in total. The van der Waals surface area contributed by atoms with Crippen LogP contribution < -0.4 is 14.8 Å². The summed E-state index contributed by atoms with van der Waals surface area (Å²) in [5.41, 5.74) is 0.884. The van der Waals surface area contributed by atoms with E-state index in [-0.39, 0.29) is 17.4 Å². The molecule has 0 saturated heterocycles. The van der Waals surface area contributed by atoms with Gasteiger partial charge in [-0.05, 0) is 30.5 Å². The van der Waals surface area contributed by atoms with Crippen LogP contribution in [-0.4, -0.2) is 24.4 Å². The van der Waals surface area contributed by atoms with Gasteiger partial charge in [-0.1, -0.05) is 103 Å². The molecule has 0 atom stereocenters. The third-order valence-corrected chi connectivity index (χ3v) is 6.26. The van der Waals surface area contributed by atoms with Crippen molar-refractivity contribution in [3.05, 3.63) is 23.8 Å². The van der Waals surface area contributed by atoms with Crippen LogP contribution in [-0.2, 0) is 20.8 Å². The summed E-state index contributed by atoms with van der Waals surface area (Å²) in [6.07, 6.45) is 20.8. The molecule has 1 amide bonds. The smallest absolute Gasteiger partial charge is 0.308 e. The number of unbranched alkanes of at least 4 members (excludes halogenated alkanes) is 14. The molecule has 0 aliphatic rings. The van der Waals surface area contributed by atoms with Gasteiger partial charge in [0.25, 0.3) is 0 Å². The number of ether oxygens (including phenoxy) is 2. The van der Waals surface area contributed by atoms with E-state index >= 15 is 0 Å². The lowest BCUT2D eigenvalue weighted by Gasteiger charge is -2.11. The Bertz CT molecular complexity index is 762. The molecule has 0 spiro atoms. The number of hydrogen-bond donors (Lipinski definition) is 1. The summed E-state index contributed by atoms with van der Waals surface area (Å²) in [5.74, 6) is -0.487. The van der Waals surface area contributed by atoms with Gasteiger partial charge in [-0.2, -0.15) is 0 Å². The molecule has 6 heteroatoms. The van der Waals surface area contributed by atoms with Crippen molar-refractivity contribution in [1.82, 2.24) is 5.32 Å². The molecule has 0 aliphatic carbocycles. The molecule has 0 aromatic heterocycles. The van der Waals surface area contributed by atoms with E-state index < -0.39 is 11.9 Å². The maximum atomic E-state index is 12.1. The van der Waals surface area contributed by atoms with Gasteiger partial charge in [-0.15, -0.1) is 0 Å². The zero-order chi connectivity index (χ0) is 26.4. The van der Waals surface area contributed by atoms with Crippen molar-refractivity contribution in [3.8, 4) is 11.5 Å². The Morgan fingerprint density at radius 1 is 0.667 bits per heavy atom. The number of rotatable bonds is 21. The third-order valence-electron chi connectivity index (χ3n) is 6.26. The van der Waals surface area contributed by atoms with E-state index in [0.717, 1.165) is 18.4 Å². The summed E-state index contributed by atoms with van der Waals surface area (Å²) < 4.78 is 10.2. The second kappa shape index (κ2) is 20.8. The van der Waals surface area contributed by atoms with Crippen LogP contribution in [0.25, 0.3) is 0 Å². The van der Waals surface area contributed by atoms with E-state index in [1.807, 2.05) is 0 Å². The lowest BCUT2D eigenvalue weighted by atomic mass is 10.0. The summed E-state index contributed by atoms with van der Waals surface area (Å²) in [6, 6.07) is 5.07. The Hall–Kier alpha value is -2.37. The van der Waals surface area contributed by atoms with Gasteiger partial charge in [0.05, 0.1) is 0 Å². The summed E-state index contributed by atoms with van der Waals surface area (Å²) in [4.78, 5) is 34.7. The standard InChI is InChI=1S/C30H49NO5/c1-4-5-6-7-8-9-10-11-12-13-14-15-16-17-18-19-30(34)31-23-22-27-20-21-28(35-25(2)32)29(24-27)36-26(3)33/h20-21,24H,4-19,22-23H2,1-3H3,(H,31,34). The Labute approximate surface area is 218 Å². The first kappa shape index (κ1) is 31.7. The highest BCUT2D eigenvalue weighted by molar-refractivity contribution is 5.76. The summed E-state index contributed by atoms with van der Waals surface area (Å²) in [5, 5.41) is 2.96. The molecule has 0 saturated carbocycles. The lowest BCUT2D eigenvalue weighted by Crippen LogP contribution is -2.25. The molecule has 0 aliphatic heterocycles. The Morgan fingerprint density at radius 3 is 1.64 bits per heavy atom. The predicted octanol–water partition coefficient (Wildman–Crippen LogP) is 7.46. The lowest BCUT2D eigenvalue weighted by molar-refractivity contribution is -0.134. The molecule has 0 radical (unpaired) electrons. The van der Waals surface area contributed by atoms with Gasteiger partial charge in [-0.25, -0.2) is 0 Å². The minimum absolute atomic E-state index is 0.0708. The minimum Gasteiger partial charge on any atom is -0.423 e. The molecule has 1 rings (SSSR count). The van der Waals surface area contributed by atoms with Crippen LogP contribution in [0.5, 0.6) is 11.5 Å². The number of carbonyl (C=O) groups excluding carboxylic acids is 3. The topological polar surface area (TPSA) is 81.7 Å². The van der Waals surface area contributed by atoms with Gasteiger partial charge in [0, 0.05) is 26.8 Å². The number of amides is 1. The van der Waals surface area contributed by atoms with Gasteiger partial charge in [0.1, 0.15) is 0 Å². The van der Waals surface area contributed by atoms with Crippen LogP contribution in [0, 0.1) is 0 Å².